The molecule has 2 aromatic carbocycles. The molecule has 4 aromatic rings. The van der Waals surface area contributed by atoms with Gasteiger partial charge >= 0.3 is 0 Å². The number of hydrogen-bond acceptors (Lipinski definition) is 9. The minimum absolute atomic E-state index is 0.118. The van der Waals surface area contributed by atoms with Gasteiger partial charge in [-0.25, -0.2) is 14.4 Å². The van der Waals surface area contributed by atoms with Gasteiger partial charge in [0, 0.05) is 118 Å². The second-order valence-electron chi connectivity index (χ2n) is 15.0. The Balaban J connectivity index is 0.982. The van der Waals surface area contributed by atoms with Crippen molar-refractivity contribution in [3.05, 3.63) is 76.8 Å². The molecule has 0 saturated carbocycles. The lowest BCUT2D eigenvalue weighted by Crippen LogP contribution is -2.72. The first-order valence-electron chi connectivity index (χ1n) is 17.5. The molecule has 4 aliphatic heterocycles. The Bertz CT molecular complexity index is 1920. The van der Waals surface area contributed by atoms with Crippen molar-refractivity contribution >= 4 is 23.4 Å². The molecule has 0 unspecified atom stereocenters. The van der Waals surface area contributed by atoms with E-state index in [1.807, 2.05) is 34.1 Å². The summed E-state index contributed by atoms with van der Waals surface area (Å²) >= 11 is 7.03. The molecule has 4 aliphatic rings. The lowest BCUT2D eigenvalue weighted by atomic mass is 9.72. The number of halogens is 2. The van der Waals surface area contributed by atoms with E-state index in [1.54, 1.807) is 58.5 Å². The van der Waals surface area contributed by atoms with Crippen molar-refractivity contribution in [2.24, 2.45) is 10.8 Å². The molecule has 0 aliphatic carbocycles. The van der Waals surface area contributed by atoms with Crippen LogP contribution < -0.4 is 9.47 Å². The number of nitrogens with zero attached hydrogens (tertiary/aromatic N) is 7. The molecule has 2 spiro atoms. The SMILES string of the molecule is COc1nc(-c2cccc(-c3cccc(-c4cnc(CN5CC6(C5)CN(C(C)=O)C6)c(OC)n4)c3F)c2Cl)ccc1CN1CC2(C1)CN(C(C)=O)C2. The Kier molecular flexibility index (Phi) is 8.67. The van der Waals surface area contributed by atoms with Crippen molar-refractivity contribution < 1.29 is 23.5 Å². The molecular formula is C39H41ClFN7O4. The highest BCUT2D eigenvalue weighted by molar-refractivity contribution is 6.36. The van der Waals surface area contributed by atoms with Crippen LogP contribution in [0.25, 0.3) is 33.6 Å². The quantitative estimate of drug-likeness (QED) is 0.236. The van der Waals surface area contributed by atoms with Crippen LogP contribution in [0.3, 0.4) is 0 Å². The minimum atomic E-state index is -0.471. The second kappa shape index (κ2) is 13.1. The van der Waals surface area contributed by atoms with Gasteiger partial charge in [-0.15, -0.1) is 0 Å². The Morgan fingerprint density at radius 3 is 1.85 bits per heavy atom. The van der Waals surface area contributed by atoms with Crippen LogP contribution in [0.2, 0.25) is 5.02 Å². The maximum absolute atomic E-state index is 16.4. The number of likely N-dealkylation sites (tertiary alicyclic amines) is 4. The zero-order chi connectivity index (χ0) is 36.4. The summed E-state index contributed by atoms with van der Waals surface area (Å²) in [6.07, 6.45) is 1.58. The van der Waals surface area contributed by atoms with Gasteiger partial charge in [0.05, 0.1) is 36.8 Å². The van der Waals surface area contributed by atoms with E-state index in [2.05, 4.69) is 19.8 Å². The third kappa shape index (κ3) is 6.06. The zero-order valence-electron chi connectivity index (χ0n) is 29.8. The van der Waals surface area contributed by atoms with Gasteiger partial charge in [-0.3, -0.25) is 24.4 Å². The molecule has 270 valence electrons. The Labute approximate surface area is 307 Å². The summed E-state index contributed by atoms with van der Waals surface area (Å²) in [6, 6.07) is 14.6. The maximum atomic E-state index is 16.4. The van der Waals surface area contributed by atoms with Crippen LogP contribution in [0.1, 0.15) is 25.1 Å². The standard InChI is InChI=1S/C39H41ClFN7O4/c1-24(49)47-20-38(21-47)16-45(17-38)14-26-11-12-31(43-36(26)51-3)29-9-5-7-27(34(29)40)28-8-6-10-30(35(28)41)32-13-42-33(37(44-32)52-4)15-46-18-39(19-46)22-48(23-39)25(2)50/h5-13H,14-23H2,1-4H3. The first-order chi connectivity index (χ1) is 25.0. The van der Waals surface area contributed by atoms with Crippen LogP contribution in [0.15, 0.2) is 54.7 Å². The molecule has 6 heterocycles. The van der Waals surface area contributed by atoms with Crippen LogP contribution in [0.5, 0.6) is 11.8 Å². The van der Waals surface area contributed by atoms with Crippen LogP contribution in [-0.4, -0.2) is 113 Å². The third-order valence-electron chi connectivity index (χ3n) is 11.0. The molecule has 0 bridgehead atoms. The fourth-order valence-electron chi connectivity index (χ4n) is 8.44. The lowest BCUT2D eigenvalue weighted by molar-refractivity contribution is -0.158. The third-order valence-corrected chi connectivity index (χ3v) is 11.4. The van der Waals surface area contributed by atoms with E-state index < -0.39 is 5.82 Å². The van der Waals surface area contributed by atoms with Crippen molar-refractivity contribution in [1.82, 2.24) is 34.6 Å². The fourth-order valence-corrected chi connectivity index (χ4v) is 8.77. The molecule has 8 rings (SSSR count). The number of carbonyl (C=O) groups excluding carboxylic acids is 2. The molecule has 0 atom stereocenters. The van der Waals surface area contributed by atoms with Gasteiger partial charge in [-0.1, -0.05) is 48.0 Å². The number of aromatic nitrogens is 3. The number of benzene rings is 2. The number of methoxy groups -OCH3 is 2. The summed E-state index contributed by atoms with van der Waals surface area (Å²) in [5.74, 6) is 0.643. The average Bonchev–Trinajstić information content (AvgIpc) is 3.06. The Morgan fingerprint density at radius 2 is 1.25 bits per heavy atom. The Morgan fingerprint density at radius 1 is 0.712 bits per heavy atom. The van der Waals surface area contributed by atoms with Crippen molar-refractivity contribution in [3.8, 4) is 45.4 Å². The molecule has 11 nitrogen and oxygen atoms in total. The fraction of sp³-hybridized carbons (Fsp3) is 0.410. The Hall–Kier alpha value is -4.65. The van der Waals surface area contributed by atoms with Crippen molar-refractivity contribution in [2.75, 3.05) is 66.6 Å². The van der Waals surface area contributed by atoms with E-state index in [-0.39, 0.29) is 28.2 Å². The van der Waals surface area contributed by atoms with Gasteiger partial charge in [0.1, 0.15) is 11.5 Å². The number of pyridine rings is 1. The van der Waals surface area contributed by atoms with E-state index in [9.17, 15) is 9.59 Å². The van der Waals surface area contributed by atoms with Gasteiger partial charge in [0.2, 0.25) is 23.6 Å². The first-order valence-corrected chi connectivity index (χ1v) is 17.8. The maximum Gasteiger partial charge on any atom is 0.237 e. The molecule has 4 saturated heterocycles. The number of amides is 2. The summed E-state index contributed by atoms with van der Waals surface area (Å²) in [5.41, 5.74) is 4.80. The number of hydrogen-bond donors (Lipinski definition) is 0. The predicted molar refractivity (Wildman–Crippen MR) is 194 cm³/mol. The highest BCUT2D eigenvalue weighted by Gasteiger charge is 2.53. The van der Waals surface area contributed by atoms with Crippen molar-refractivity contribution in [3.63, 3.8) is 0 Å². The molecule has 2 amide bonds. The summed E-state index contributed by atoms with van der Waals surface area (Å²) in [5, 5.41) is 0.370. The van der Waals surface area contributed by atoms with Gasteiger partial charge in [0.15, 0.2) is 0 Å². The van der Waals surface area contributed by atoms with Gasteiger partial charge in [0.25, 0.3) is 0 Å². The molecule has 2 aromatic heterocycles. The summed E-state index contributed by atoms with van der Waals surface area (Å²) in [4.78, 5) is 45.7. The van der Waals surface area contributed by atoms with Crippen LogP contribution in [-0.2, 0) is 22.7 Å². The van der Waals surface area contributed by atoms with Gasteiger partial charge in [-0.05, 0) is 12.1 Å². The largest absolute Gasteiger partial charge is 0.481 e. The zero-order valence-corrected chi connectivity index (χ0v) is 30.5. The van der Waals surface area contributed by atoms with E-state index in [0.717, 1.165) is 57.9 Å². The van der Waals surface area contributed by atoms with E-state index in [0.29, 0.717) is 63.6 Å². The monoisotopic (exact) mass is 725 g/mol. The van der Waals surface area contributed by atoms with Gasteiger partial charge < -0.3 is 19.3 Å². The molecule has 0 N–H and O–H groups in total. The lowest BCUT2D eigenvalue weighted by Gasteiger charge is -2.60. The molecular weight excluding hydrogens is 685 g/mol. The van der Waals surface area contributed by atoms with Crippen LogP contribution >= 0.6 is 11.6 Å². The second-order valence-corrected chi connectivity index (χ2v) is 15.3. The topological polar surface area (TPSA) is 104 Å². The highest BCUT2D eigenvalue weighted by Crippen LogP contribution is 2.43. The molecule has 52 heavy (non-hydrogen) atoms. The summed E-state index contributed by atoms with van der Waals surface area (Å²) < 4.78 is 27.7. The highest BCUT2D eigenvalue weighted by atomic mass is 35.5. The van der Waals surface area contributed by atoms with E-state index in [4.69, 9.17) is 26.1 Å². The summed E-state index contributed by atoms with van der Waals surface area (Å²) in [7, 11) is 3.14. The van der Waals surface area contributed by atoms with Crippen LogP contribution in [0.4, 0.5) is 4.39 Å². The predicted octanol–water partition coefficient (Wildman–Crippen LogP) is 5.01. The van der Waals surface area contributed by atoms with E-state index in [1.165, 1.54) is 0 Å². The number of carbonyl (C=O) groups is 2. The minimum Gasteiger partial charge on any atom is -0.481 e. The average molecular weight is 726 g/mol. The molecule has 4 fully saturated rings. The van der Waals surface area contributed by atoms with Crippen LogP contribution in [0, 0.1) is 16.6 Å². The smallest absolute Gasteiger partial charge is 0.237 e. The summed E-state index contributed by atoms with van der Waals surface area (Å²) in [6.45, 7) is 11.4. The first kappa shape index (κ1) is 34.4. The molecule has 0 radical (unpaired) electrons. The van der Waals surface area contributed by atoms with E-state index >= 15 is 4.39 Å². The van der Waals surface area contributed by atoms with Gasteiger partial charge in [-0.2, -0.15) is 0 Å². The van der Waals surface area contributed by atoms with Crippen molar-refractivity contribution in [2.45, 2.75) is 26.9 Å². The normalized spacial score (nSPS) is 18.7. The number of ether oxygens (including phenoxy) is 2. The molecule has 13 heteroatoms. The van der Waals surface area contributed by atoms with Crippen molar-refractivity contribution in [1.29, 1.82) is 0 Å². The number of rotatable bonds is 9.